The minimum Gasteiger partial charge on any atom is -0.543 e. The Morgan fingerprint density at radius 3 is 2.51 bits per heavy atom. The molecule has 204 valence electrons. The zero-order valence-corrected chi connectivity index (χ0v) is 22.3. The number of fused-ring (bicyclic) bond motifs is 1. The number of nitrogens with one attached hydrogen (secondary N) is 1. The average Bonchev–Trinajstić information content (AvgIpc) is 3.42. The number of hydrogen-bond acceptors (Lipinski definition) is 12. The van der Waals surface area contributed by atoms with E-state index in [-0.39, 0.29) is 22.2 Å². The number of carbonyl (C=O) groups is 3. The number of aliphatic carboxylic acids is 1. The molecule has 0 bridgehead atoms. The SMILES string of the molecule is CO/N=C(/C(=O)N[C@@H]1C(=O)N2C(C(=O)[O-])=C(C[N+]3(C)CCCC3)CS[C@H]12)c1csc(N)n1.O=S(=O)(O)O. The highest BCUT2D eigenvalue weighted by Gasteiger charge is 2.53. The summed E-state index contributed by atoms with van der Waals surface area (Å²) in [5, 5.41) is 19.6. The summed E-state index contributed by atoms with van der Waals surface area (Å²) in [5.41, 5.74) is 6.39. The van der Waals surface area contributed by atoms with Crippen molar-refractivity contribution in [2.24, 2.45) is 5.16 Å². The largest absolute Gasteiger partial charge is 0.543 e. The third kappa shape index (κ3) is 6.96. The molecule has 18 heteroatoms. The number of hydrogen-bond donors (Lipinski definition) is 4. The topological polar surface area (TPSA) is 225 Å². The number of carboxylic acid groups (broad SMARTS) is 1. The van der Waals surface area contributed by atoms with Gasteiger partial charge in [-0.15, -0.1) is 23.1 Å². The number of β-lactam (4-membered cyclic amide) rings is 1. The van der Waals surface area contributed by atoms with Gasteiger partial charge in [0.2, 0.25) is 0 Å². The van der Waals surface area contributed by atoms with Gasteiger partial charge in [0.25, 0.3) is 11.8 Å². The Kier molecular flexibility index (Phi) is 8.81. The van der Waals surface area contributed by atoms with Crippen LogP contribution in [-0.4, -0.2) is 106 Å². The van der Waals surface area contributed by atoms with Crippen molar-refractivity contribution in [3.8, 4) is 0 Å². The van der Waals surface area contributed by atoms with Crippen LogP contribution in [-0.2, 0) is 29.6 Å². The molecule has 0 saturated carbocycles. The number of carbonyl (C=O) groups excluding carboxylic acids is 3. The number of thioether (sulfide) groups is 1. The monoisotopic (exact) mass is 578 g/mol. The Hall–Kier alpha value is -2.77. The first-order valence-corrected chi connectivity index (χ1v) is 14.1. The minimum absolute atomic E-state index is 0.0615. The van der Waals surface area contributed by atoms with Crippen molar-refractivity contribution in [1.29, 1.82) is 0 Å². The van der Waals surface area contributed by atoms with Crippen LogP contribution in [0.25, 0.3) is 0 Å². The number of likely N-dealkylation sites (N-methyl/N-ethyl adjacent to an activating group) is 1. The Balaban J connectivity index is 0.000000695. The van der Waals surface area contributed by atoms with Gasteiger partial charge in [0.05, 0.1) is 31.8 Å². The summed E-state index contributed by atoms with van der Waals surface area (Å²) in [6, 6.07) is -0.891. The fourth-order valence-electron chi connectivity index (χ4n) is 4.41. The Bertz CT molecular complexity index is 1230. The quantitative estimate of drug-likeness (QED) is 0.0912. The molecule has 4 rings (SSSR count). The van der Waals surface area contributed by atoms with Crippen molar-refractivity contribution >= 4 is 62.1 Å². The molecule has 1 aromatic rings. The van der Waals surface area contributed by atoms with Crippen molar-refractivity contribution in [2.45, 2.75) is 24.3 Å². The lowest BCUT2D eigenvalue weighted by Crippen LogP contribution is -2.71. The Morgan fingerprint density at radius 1 is 1.38 bits per heavy atom. The molecule has 5 N–H and O–H groups in total. The average molecular weight is 579 g/mol. The molecule has 1 aromatic heterocycles. The van der Waals surface area contributed by atoms with Crippen LogP contribution >= 0.6 is 23.1 Å². The molecule has 2 atom stereocenters. The summed E-state index contributed by atoms with van der Waals surface area (Å²) in [6.45, 7) is 2.53. The van der Waals surface area contributed by atoms with E-state index in [1.807, 2.05) is 0 Å². The highest BCUT2D eigenvalue weighted by Crippen LogP contribution is 2.41. The summed E-state index contributed by atoms with van der Waals surface area (Å²) in [4.78, 5) is 47.7. The number of aromatic nitrogens is 1. The van der Waals surface area contributed by atoms with Crippen LogP contribution in [0.4, 0.5) is 5.13 Å². The van der Waals surface area contributed by atoms with Crippen LogP contribution < -0.4 is 16.2 Å². The van der Waals surface area contributed by atoms with Crippen LogP contribution in [0.5, 0.6) is 0 Å². The summed E-state index contributed by atoms with van der Waals surface area (Å²) >= 11 is 2.57. The number of oxime groups is 1. The molecule has 2 saturated heterocycles. The molecule has 0 aliphatic carbocycles. The van der Waals surface area contributed by atoms with E-state index in [4.69, 9.17) is 28.1 Å². The van der Waals surface area contributed by atoms with Crippen LogP contribution in [0.15, 0.2) is 21.8 Å². The van der Waals surface area contributed by atoms with E-state index in [1.54, 1.807) is 5.38 Å². The lowest BCUT2D eigenvalue weighted by atomic mass is 10.0. The van der Waals surface area contributed by atoms with E-state index in [0.717, 1.165) is 41.8 Å². The Morgan fingerprint density at radius 2 is 2.00 bits per heavy atom. The highest BCUT2D eigenvalue weighted by atomic mass is 32.3. The zero-order valence-electron chi connectivity index (χ0n) is 19.8. The molecule has 15 nitrogen and oxygen atoms in total. The summed E-state index contributed by atoms with van der Waals surface area (Å²) in [7, 11) is -1.27. The number of carboxylic acids is 1. The van der Waals surface area contributed by atoms with Gasteiger partial charge in [-0.05, 0) is 0 Å². The maximum absolute atomic E-state index is 12.9. The second-order valence-corrected chi connectivity index (χ2v) is 11.6. The van der Waals surface area contributed by atoms with Gasteiger partial charge in [-0.3, -0.25) is 23.6 Å². The van der Waals surface area contributed by atoms with Gasteiger partial charge < -0.3 is 30.3 Å². The zero-order chi connectivity index (χ0) is 27.5. The van der Waals surface area contributed by atoms with Crippen LogP contribution in [0.1, 0.15) is 18.5 Å². The molecule has 4 heterocycles. The summed E-state index contributed by atoms with van der Waals surface area (Å²) in [5.74, 6) is -2.06. The number of nitrogens with two attached hydrogens (primary N) is 1. The molecule has 3 aliphatic rings. The smallest absolute Gasteiger partial charge is 0.394 e. The number of nitrogens with zero attached hydrogens (tertiary/aromatic N) is 4. The second-order valence-electron chi connectivity index (χ2n) is 8.67. The van der Waals surface area contributed by atoms with Gasteiger partial charge >= 0.3 is 10.4 Å². The lowest BCUT2D eigenvalue weighted by molar-refractivity contribution is -0.893. The first-order valence-electron chi connectivity index (χ1n) is 10.8. The third-order valence-electron chi connectivity index (χ3n) is 5.91. The number of amides is 2. The van der Waals surface area contributed by atoms with E-state index in [1.165, 1.54) is 23.8 Å². The highest BCUT2D eigenvalue weighted by molar-refractivity contribution is 8.00. The number of anilines is 1. The molecule has 2 amide bonds. The van der Waals surface area contributed by atoms with Crippen molar-refractivity contribution in [3.63, 3.8) is 0 Å². The molecule has 3 aliphatic heterocycles. The molecule has 37 heavy (non-hydrogen) atoms. The summed E-state index contributed by atoms with van der Waals surface area (Å²) in [6.07, 6.45) is 2.21. The number of thiazole rings is 1. The molecule has 2 fully saturated rings. The first-order chi connectivity index (χ1) is 17.2. The maximum atomic E-state index is 12.9. The molecule has 0 spiro atoms. The fourth-order valence-corrected chi connectivity index (χ4v) is 6.30. The second kappa shape index (κ2) is 11.3. The minimum atomic E-state index is -4.67. The molecule has 0 unspecified atom stereocenters. The van der Waals surface area contributed by atoms with Gasteiger partial charge in [-0.1, -0.05) is 5.16 Å². The van der Waals surface area contributed by atoms with Crippen molar-refractivity contribution < 1.29 is 46.3 Å². The molecule has 0 aromatic carbocycles. The van der Waals surface area contributed by atoms with E-state index in [2.05, 4.69) is 22.5 Å². The van der Waals surface area contributed by atoms with Gasteiger partial charge in [0, 0.05) is 29.5 Å². The lowest BCUT2D eigenvalue weighted by Gasteiger charge is -2.51. The fraction of sp³-hybridized carbons (Fsp3) is 0.526. The third-order valence-corrected chi connectivity index (χ3v) is 7.92. The predicted molar refractivity (Wildman–Crippen MR) is 131 cm³/mol. The van der Waals surface area contributed by atoms with Gasteiger partial charge in [0.15, 0.2) is 10.8 Å². The van der Waals surface area contributed by atoms with Crippen molar-refractivity contribution in [1.82, 2.24) is 15.2 Å². The van der Waals surface area contributed by atoms with E-state index in [0.29, 0.717) is 17.9 Å². The van der Waals surface area contributed by atoms with E-state index in [9.17, 15) is 19.5 Å². The number of quaternary nitrogens is 1. The number of rotatable bonds is 7. The Labute approximate surface area is 220 Å². The number of nitrogen functional groups attached to an aromatic ring is 1. The normalized spacial score (nSPS) is 23.0. The molecule has 0 radical (unpaired) electrons. The van der Waals surface area contributed by atoms with Gasteiger partial charge in [-0.2, -0.15) is 8.42 Å². The van der Waals surface area contributed by atoms with Gasteiger partial charge in [0.1, 0.15) is 30.8 Å². The number of likely N-dealkylation sites (tertiary alicyclic amines) is 1. The standard InChI is InChI=1S/C19H24N6O5S2.H2O4S/c1-25(5-3-4-6-25)7-10-8-31-17-13(16(27)24(17)14(10)18(28)29)22-15(26)12(23-30-2)11-9-32-19(20)21-11;1-5(2,3)4/h9,13,17H,3-8H2,1-2H3,(H3-,20,21,22,26,28,29);(H2,1,2,3,4)/b23-12+;/t13-,17-;/m1./s1. The van der Waals surface area contributed by atoms with Crippen LogP contribution in [0.3, 0.4) is 0 Å². The molecular weight excluding hydrogens is 552 g/mol. The van der Waals surface area contributed by atoms with Gasteiger partial charge in [-0.25, -0.2) is 4.98 Å². The maximum Gasteiger partial charge on any atom is 0.394 e. The van der Waals surface area contributed by atoms with Crippen LogP contribution in [0, 0.1) is 0 Å². The summed E-state index contributed by atoms with van der Waals surface area (Å²) < 4.78 is 32.3. The van der Waals surface area contributed by atoms with E-state index >= 15 is 0 Å². The molecular formula is C19H26N6O9S3. The van der Waals surface area contributed by atoms with Crippen LogP contribution in [0.2, 0.25) is 0 Å². The predicted octanol–water partition coefficient (Wildman–Crippen LogP) is -1.93. The van der Waals surface area contributed by atoms with Crippen molar-refractivity contribution in [3.05, 3.63) is 22.3 Å². The van der Waals surface area contributed by atoms with Crippen molar-refractivity contribution in [2.75, 3.05) is 45.3 Å². The first kappa shape index (κ1) is 28.8. The van der Waals surface area contributed by atoms with E-state index < -0.39 is 39.6 Å².